The summed E-state index contributed by atoms with van der Waals surface area (Å²) in [4.78, 5) is 12.4. The maximum Gasteiger partial charge on any atom is 0.229 e. The van der Waals surface area contributed by atoms with Crippen molar-refractivity contribution in [3.05, 3.63) is 29.3 Å². The Morgan fingerprint density at radius 3 is 2.00 bits per heavy atom. The monoisotopic (exact) mass is 408 g/mol. The third kappa shape index (κ3) is 6.79. The largest absolute Gasteiger partial charge is 0.508 e. The van der Waals surface area contributed by atoms with E-state index in [0.29, 0.717) is 11.7 Å². The first-order valence-electron chi connectivity index (χ1n) is 10.8. The SMILES string of the molecule is CCCC(CC(C(=O)Cl)c1ccc(O)c(C(CCC)C(C)(C)C)c1)C(C)(C)C. The summed E-state index contributed by atoms with van der Waals surface area (Å²) in [5.74, 6) is 0.631. The van der Waals surface area contributed by atoms with Gasteiger partial charge in [-0.15, -0.1) is 0 Å². The number of carbonyl (C=O) groups excluding carboxylic acids is 1. The van der Waals surface area contributed by atoms with Gasteiger partial charge in [-0.1, -0.05) is 86.8 Å². The van der Waals surface area contributed by atoms with E-state index in [2.05, 4.69) is 55.4 Å². The Kier molecular flexibility index (Phi) is 9.06. The van der Waals surface area contributed by atoms with Crippen molar-refractivity contribution in [2.75, 3.05) is 0 Å². The summed E-state index contributed by atoms with van der Waals surface area (Å²) in [7, 11) is 0. The Morgan fingerprint density at radius 2 is 1.57 bits per heavy atom. The van der Waals surface area contributed by atoms with E-state index in [1.165, 1.54) is 0 Å². The molecule has 0 aromatic heterocycles. The molecule has 0 spiro atoms. The lowest BCUT2D eigenvalue weighted by Gasteiger charge is -2.34. The van der Waals surface area contributed by atoms with E-state index < -0.39 is 0 Å². The number of halogens is 1. The van der Waals surface area contributed by atoms with Gasteiger partial charge < -0.3 is 5.11 Å². The molecule has 160 valence electrons. The molecule has 28 heavy (non-hydrogen) atoms. The first-order chi connectivity index (χ1) is 12.8. The van der Waals surface area contributed by atoms with Crippen molar-refractivity contribution < 1.29 is 9.90 Å². The number of hydrogen-bond acceptors (Lipinski definition) is 2. The Hall–Kier alpha value is -1.02. The predicted octanol–water partition coefficient (Wildman–Crippen LogP) is 8.02. The minimum atomic E-state index is -0.334. The normalized spacial score (nSPS) is 15.9. The molecule has 3 atom stereocenters. The minimum Gasteiger partial charge on any atom is -0.508 e. The summed E-state index contributed by atoms with van der Waals surface area (Å²) in [6.07, 6.45) is 4.97. The van der Waals surface area contributed by atoms with Gasteiger partial charge in [0.1, 0.15) is 5.75 Å². The Bertz CT molecular complexity index is 637. The first kappa shape index (κ1) is 25.0. The quantitative estimate of drug-likeness (QED) is 0.420. The van der Waals surface area contributed by atoms with Crippen molar-refractivity contribution in [2.24, 2.45) is 16.7 Å². The fourth-order valence-electron chi connectivity index (χ4n) is 4.31. The maximum absolute atomic E-state index is 12.4. The molecule has 1 aromatic rings. The molecular formula is C25H41ClO2. The molecule has 3 heteroatoms. The zero-order valence-corrected chi connectivity index (χ0v) is 20.0. The number of benzene rings is 1. The molecule has 0 amide bonds. The van der Waals surface area contributed by atoms with Gasteiger partial charge in [0.15, 0.2) is 0 Å². The zero-order valence-electron chi connectivity index (χ0n) is 19.2. The summed E-state index contributed by atoms with van der Waals surface area (Å²) >= 11 is 6.09. The summed E-state index contributed by atoms with van der Waals surface area (Å²) in [5, 5.41) is 10.3. The molecule has 0 aliphatic rings. The van der Waals surface area contributed by atoms with Crippen molar-refractivity contribution in [2.45, 2.75) is 99.3 Å². The highest BCUT2D eigenvalue weighted by atomic mass is 35.5. The van der Waals surface area contributed by atoms with Gasteiger partial charge in [-0.05, 0) is 64.3 Å². The highest BCUT2D eigenvalue weighted by Crippen LogP contribution is 2.44. The van der Waals surface area contributed by atoms with Crippen LogP contribution in [0.3, 0.4) is 0 Å². The lowest BCUT2D eigenvalue weighted by atomic mass is 9.71. The molecule has 3 unspecified atom stereocenters. The van der Waals surface area contributed by atoms with Crippen molar-refractivity contribution in [1.82, 2.24) is 0 Å². The summed E-state index contributed by atoms with van der Waals surface area (Å²) in [5.41, 5.74) is 2.03. The van der Waals surface area contributed by atoms with Crippen LogP contribution in [0.4, 0.5) is 0 Å². The van der Waals surface area contributed by atoms with Gasteiger partial charge in [-0.2, -0.15) is 0 Å². The predicted molar refractivity (Wildman–Crippen MR) is 121 cm³/mol. The zero-order chi connectivity index (χ0) is 21.7. The van der Waals surface area contributed by atoms with Crippen LogP contribution in [0.15, 0.2) is 18.2 Å². The Labute approximate surface area is 178 Å². The van der Waals surface area contributed by atoms with Gasteiger partial charge in [0, 0.05) is 0 Å². The van der Waals surface area contributed by atoms with Crippen molar-refractivity contribution >= 4 is 16.8 Å². The van der Waals surface area contributed by atoms with Crippen LogP contribution in [-0.4, -0.2) is 10.3 Å². The Balaban J connectivity index is 3.36. The van der Waals surface area contributed by atoms with Crippen LogP contribution in [-0.2, 0) is 4.79 Å². The van der Waals surface area contributed by atoms with E-state index in [4.69, 9.17) is 11.6 Å². The highest BCUT2D eigenvalue weighted by molar-refractivity contribution is 6.64. The van der Waals surface area contributed by atoms with E-state index in [1.807, 2.05) is 12.1 Å². The highest BCUT2D eigenvalue weighted by Gasteiger charge is 2.32. The number of phenolic OH excluding ortho intramolecular Hbond substituents is 1. The fraction of sp³-hybridized carbons (Fsp3) is 0.720. The number of aromatic hydroxyl groups is 1. The van der Waals surface area contributed by atoms with Gasteiger partial charge in [-0.3, -0.25) is 4.79 Å². The van der Waals surface area contributed by atoms with Gasteiger partial charge in [-0.25, -0.2) is 0 Å². The second-order valence-electron chi connectivity index (χ2n) is 10.5. The molecule has 2 nitrogen and oxygen atoms in total. The topological polar surface area (TPSA) is 37.3 Å². The van der Waals surface area contributed by atoms with Crippen LogP contribution < -0.4 is 0 Å². The molecule has 0 aliphatic carbocycles. The van der Waals surface area contributed by atoms with Crippen molar-refractivity contribution in [3.63, 3.8) is 0 Å². The standard InChI is InChI=1S/C25H41ClO2/c1-9-11-18(24(3,4)5)16-19(23(26)28)17-13-14-22(27)20(15-17)21(12-10-2)25(6,7)8/h13-15,18-19,21,27H,9-12,16H2,1-8H3. The molecule has 1 aromatic carbocycles. The van der Waals surface area contributed by atoms with Gasteiger partial charge in [0.2, 0.25) is 5.24 Å². The van der Waals surface area contributed by atoms with Gasteiger partial charge in [0.25, 0.3) is 0 Å². The first-order valence-corrected chi connectivity index (χ1v) is 11.2. The average molecular weight is 409 g/mol. The lowest BCUT2D eigenvalue weighted by molar-refractivity contribution is -0.113. The molecule has 0 radical (unpaired) electrons. The molecular weight excluding hydrogens is 368 g/mol. The van der Waals surface area contributed by atoms with E-state index in [0.717, 1.165) is 43.2 Å². The number of rotatable bonds is 9. The lowest BCUT2D eigenvalue weighted by Crippen LogP contribution is -2.25. The molecule has 0 saturated carbocycles. The smallest absolute Gasteiger partial charge is 0.229 e. The van der Waals surface area contributed by atoms with E-state index in [9.17, 15) is 9.90 Å². The molecule has 0 saturated heterocycles. The molecule has 0 bridgehead atoms. The van der Waals surface area contributed by atoms with Crippen LogP contribution >= 0.6 is 11.6 Å². The minimum absolute atomic E-state index is 0.0305. The van der Waals surface area contributed by atoms with Crippen LogP contribution in [0.1, 0.15) is 110 Å². The Morgan fingerprint density at radius 1 is 1.00 bits per heavy atom. The van der Waals surface area contributed by atoms with Gasteiger partial charge >= 0.3 is 0 Å². The summed E-state index contributed by atoms with van der Waals surface area (Å²) < 4.78 is 0. The van der Waals surface area contributed by atoms with E-state index >= 15 is 0 Å². The van der Waals surface area contributed by atoms with Gasteiger partial charge in [0.05, 0.1) is 5.92 Å². The van der Waals surface area contributed by atoms with Crippen LogP contribution in [0.25, 0.3) is 0 Å². The second-order valence-corrected chi connectivity index (χ2v) is 10.8. The van der Waals surface area contributed by atoms with E-state index in [-0.39, 0.29) is 27.9 Å². The van der Waals surface area contributed by atoms with Crippen molar-refractivity contribution in [3.8, 4) is 5.75 Å². The number of phenols is 1. The molecule has 0 aliphatic heterocycles. The molecule has 1 N–H and O–H groups in total. The number of hydrogen-bond donors (Lipinski definition) is 1. The van der Waals surface area contributed by atoms with Crippen LogP contribution in [0.2, 0.25) is 0 Å². The average Bonchev–Trinajstić information content (AvgIpc) is 2.55. The van der Waals surface area contributed by atoms with Crippen molar-refractivity contribution in [1.29, 1.82) is 0 Å². The van der Waals surface area contributed by atoms with Crippen LogP contribution in [0, 0.1) is 16.7 Å². The fourth-order valence-corrected chi connectivity index (χ4v) is 4.52. The number of carbonyl (C=O) groups is 1. The molecule has 0 heterocycles. The summed E-state index contributed by atoms with van der Waals surface area (Å²) in [6, 6.07) is 5.66. The van der Waals surface area contributed by atoms with E-state index in [1.54, 1.807) is 6.07 Å². The molecule has 0 fully saturated rings. The third-order valence-corrected chi connectivity index (χ3v) is 6.37. The molecule has 1 rings (SSSR count). The third-order valence-electron chi connectivity index (χ3n) is 6.11. The second kappa shape index (κ2) is 10.1. The summed E-state index contributed by atoms with van der Waals surface area (Å²) in [6.45, 7) is 17.7. The maximum atomic E-state index is 12.4. The van der Waals surface area contributed by atoms with Crippen LogP contribution in [0.5, 0.6) is 5.75 Å².